The predicted molar refractivity (Wildman–Crippen MR) is 55.4 cm³/mol. The molecule has 0 aliphatic carbocycles. The summed E-state index contributed by atoms with van der Waals surface area (Å²) in [5.74, 6) is -0.431. The molecule has 76 valence electrons. The third-order valence-corrected chi connectivity index (χ3v) is 2.24. The first kappa shape index (κ1) is 9.53. The van der Waals surface area contributed by atoms with Crippen LogP contribution in [0.3, 0.4) is 0 Å². The Morgan fingerprint density at radius 2 is 2.33 bits per heavy atom. The van der Waals surface area contributed by atoms with E-state index in [4.69, 9.17) is 9.68 Å². The molecule has 0 unspecified atom stereocenters. The second-order valence-corrected chi connectivity index (χ2v) is 3.36. The van der Waals surface area contributed by atoms with Gasteiger partial charge in [0.1, 0.15) is 0 Å². The summed E-state index contributed by atoms with van der Waals surface area (Å²) in [7, 11) is 0. The summed E-state index contributed by atoms with van der Waals surface area (Å²) < 4.78 is 4.89. The topological polar surface area (TPSA) is 69.8 Å². The van der Waals surface area contributed by atoms with Gasteiger partial charge in [0.25, 0.3) is 0 Å². The van der Waals surface area contributed by atoms with E-state index in [1.807, 2.05) is 12.1 Å². The Balaban J connectivity index is 2.23. The number of rotatable bonds is 3. The molecule has 1 aromatic heterocycles. The summed E-state index contributed by atoms with van der Waals surface area (Å²) in [6.45, 7) is 0. The minimum atomic E-state index is -0.431. The number of oxazole rings is 1. The maximum absolute atomic E-state index is 10.9. The third-order valence-electron chi connectivity index (χ3n) is 2.24. The number of nitriles is 1. The highest BCUT2D eigenvalue weighted by molar-refractivity contribution is 5.72. The van der Waals surface area contributed by atoms with Crippen LogP contribution < -0.4 is 5.76 Å². The van der Waals surface area contributed by atoms with E-state index in [2.05, 4.69) is 11.1 Å². The lowest BCUT2D eigenvalue weighted by Crippen LogP contribution is -1.93. The van der Waals surface area contributed by atoms with Gasteiger partial charge in [0, 0.05) is 6.42 Å². The van der Waals surface area contributed by atoms with Crippen molar-refractivity contribution in [3.05, 3.63) is 34.3 Å². The summed E-state index contributed by atoms with van der Waals surface area (Å²) in [5.41, 5.74) is 2.40. The predicted octanol–water partition coefficient (Wildman–Crippen LogP) is 1.97. The Labute approximate surface area is 86.1 Å². The van der Waals surface area contributed by atoms with Crippen LogP contribution in [0.15, 0.2) is 27.4 Å². The molecule has 0 aliphatic rings. The van der Waals surface area contributed by atoms with Crippen molar-refractivity contribution in [1.82, 2.24) is 4.98 Å². The number of hydrogen-bond acceptors (Lipinski definition) is 3. The zero-order chi connectivity index (χ0) is 10.7. The first-order valence-electron chi connectivity index (χ1n) is 4.78. The molecule has 1 aromatic carbocycles. The highest BCUT2D eigenvalue weighted by atomic mass is 16.4. The molecule has 4 heteroatoms. The molecule has 4 nitrogen and oxygen atoms in total. The maximum Gasteiger partial charge on any atom is 0.417 e. The third kappa shape index (κ3) is 2.08. The molecule has 0 saturated heterocycles. The molecule has 2 aromatic rings. The van der Waals surface area contributed by atoms with Crippen LogP contribution in [-0.2, 0) is 6.42 Å². The summed E-state index contributed by atoms with van der Waals surface area (Å²) in [4.78, 5) is 13.5. The van der Waals surface area contributed by atoms with Gasteiger partial charge in [-0.25, -0.2) is 4.79 Å². The molecule has 0 amide bonds. The number of aromatic amines is 1. The van der Waals surface area contributed by atoms with Crippen molar-refractivity contribution >= 4 is 11.1 Å². The fourth-order valence-electron chi connectivity index (χ4n) is 1.53. The van der Waals surface area contributed by atoms with E-state index in [0.29, 0.717) is 12.0 Å². The molecule has 0 spiro atoms. The monoisotopic (exact) mass is 202 g/mol. The van der Waals surface area contributed by atoms with Gasteiger partial charge in [-0.1, -0.05) is 6.07 Å². The van der Waals surface area contributed by atoms with Crippen molar-refractivity contribution in [2.45, 2.75) is 19.3 Å². The normalized spacial score (nSPS) is 10.3. The highest BCUT2D eigenvalue weighted by Gasteiger charge is 2.01. The van der Waals surface area contributed by atoms with Crippen LogP contribution in [-0.4, -0.2) is 4.98 Å². The molecule has 0 aliphatic heterocycles. The van der Waals surface area contributed by atoms with Crippen LogP contribution in [0.2, 0.25) is 0 Å². The molecule has 0 radical (unpaired) electrons. The second kappa shape index (κ2) is 4.01. The minimum absolute atomic E-state index is 0.431. The molecule has 0 saturated carbocycles. The number of hydrogen-bond donors (Lipinski definition) is 1. The standard InChI is InChI=1S/C11H10N2O2/c12-6-2-1-3-8-4-5-10-9(7-8)13-11(14)15-10/h4-5,7H,1-3H2,(H,13,14). The Morgan fingerprint density at radius 1 is 1.47 bits per heavy atom. The number of aryl methyl sites for hydroxylation is 1. The van der Waals surface area contributed by atoms with Crippen molar-refractivity contribution < 1.29 is 4.42 Å². The maximum atomic E-state index is 10.9. The van der Waals surface area contributed by atoms with Crippen LogP contribution in [0.1, 0.15) is 18.4 Å². The van der Waals surface area contributed by atoms with Crippen molar-refractivity contribution in [3.63, 3.8) is 0 Å². The van der Waals surface area contributed by atoms with E-state index >= 15 is 0 Å². The SMILES string of the molecule is N#CCCCc1ccc2oc(=O)[nH]c2c1. The second-order valence-electron chi connectivity index (χ2n) is 3.36. The lowest BCUT2D eigenvalue weighted by molar-refractivity contribution is 0.555. The van der Waals surface area contributed by atoms with Gasteiger partial charge in [-0.05, 0) is 30.5 Å². The lowest BCUT2D eigenvalue weighted by Gasteiger charge is -1.97. The Bertz CT molecular complexity index is 560. The molecule has 1 heterocycles. The van der Waals surface area contributed by atoms with E-state index in [0.717, 1.165) is 23.9 Å². The smallest absolute Gasteiger partial charge is 0.408 e. The van der Waals surface area contributed by atoms with E-state index in [9.17, 15) is 4.79 Å². The first-order valence-corrected chi connectivity index (χ1v) is 4.78. The highest BCUT2D eigenvalue weighted by Crippen LogP contribution is 2.13. The Kier molecular flexibility index (Phi) is 2.55. The molecule has 1 N–H and O–H groups in total. The number of H-pyrrole nitrogens is 1. The fraction of sp³-hybridized carbons (Fsp3) is 0.273. The molecular formula is C11H10N2O2. The van der Waals surface area contributed by atoms with Crippen LogP contribution in [0, 0.1) is 11.3 Å². The zero-order valence-corrected chi connectivity index (χ0v) is 8.12. The average Bonchev–Trinajstić information content (AvgIpc) is 2.57. The molecule has 0 atom stereocenters. The van der Waals surface area contributed by atoms with Crippen LogP contribution in [0.4, 0.5) is 0 Å². The minimum Gasteiger partial charge on any atom is -0.408 e. The van der Waals surface area contributed by atoms with Gasteiger partial charge in [-0.2, -0.15) is 5.26 Å². The number of benzene rings is 1. The molecule has 2 rings (SSSR count). The molecule has 15 heavy (non-hydrogen) atoms. The summed E-state index contributed by atoms with van der Waals surface area (Å²) in [6, 6.07) is 7.68. The summed E-state index contributed by atoms with van der Waals surface area (Å²) in [6.07, 6.45) is 2.24. The van der Waals surface area contributed by atoms with Crippen LogP contribution >= 0.6 is 0 Å². The molecule has 0 bridgehead atoms. The van der Waals surface area contributed by atoms with E-state index < -0.39 is 5.76 Å². The van der Waals surface area contributed by atoms with Gasteiger partial charge in [-0.3, -0.25) is 4.98 Å². The van der Waals surface area contributed by atoms with Gasteiger partial charge in [0.05, 0.1) is 11.6 Å². The number of nitrogens with one attached hydrogen (secondary N) is 1. The fourth-order valence-corrected chi connectivity index (χ4v) is 1.53. The van der Waals surface area contributed by atoms with Gasteiger partial charge in [-0.15, -0.1) is 0 Å². The number of aromatic nitrogens is 1. The number of nitrogens with zero attached hydrogens (tertiary/aromatic N) is 1. The molecular weight excluding hydrogens is 192 g/mol. The van der Waals surface area contributed by atoms with E-state index in [-0.39, 0.29) is 0 Å². The number of fused-ring (bicyclic) bond motifs is 1. The van der Waals surface area contributed by atoms with Crippen molar-refractivity contribution in [3.8, 4) is 6.07 Å². The zero-order valence-electron chi connectivity index (χ0n) is 8.12. The average molecular weight is 202 g/mol. The quantitative estimate of drug-likeness (QED) is 0.773. The van der Waals surface area contributed by atoms with Crippen molar-refractivity contribution in [1.29, 1.82) is 5.26 Å². The number of unbranched alkanes of at least 4 members (excludes halogenated alkanes) is 1. The van der Waals surface area contributed by atoms with Gasteiger partial charge < -0.3 is 4.42 Å². The Hall–Kier alpha value is -2.02. The van der Waals surface area contributed by atoms with E-state index in [1.165, 1.54) is 0 Å². The van der Waals surface area contributed by atoms with Gasteiger partial charge >= 0.3 is 5.76 Å². The summed E-state index contributed by atoms with van der Waals surface area (Å²) in [5, 5.41) is 8.41. The van der Waals surface area contributed by atoms with Gasteiger partial charge in [0.15, 0.2) is 5.58 Å². The Morgan fingerprint density at radius 3 is 3.13 bits per heavy atom. The largest absolute Gasteiger partial charge is 0.417 e. The molecule has 0 fully saturated rings. The van der Waals surface area contributed by atoms with Crippen LogP contribution in [0.5, 0.6) is 0 Å². The van der Waals surface area contributed by atoms with Gasteiger partial charge in [0.2, 0.25) is 0 Å². The first-order chi connectivity index (χ1) is 7.29. The lowest BCUT2D eigenvalue weighted by atomic mass is 10.1. The van der Waals surface area contributed by atoms with Crippen molar-refractivity contribution in [2.24, 2.45) is 0 Å². The van der Waals surface area contributed by atoms with Crippen molar-refractivity contribution in [2.75, 3.05) is 0 Å². The van der Waals surface area contributed by atoms with E-state index in [1.54, 1.807) is 6.07 Å². The van der Waals surface area contributed by atoms with Crippen LogP contribution in [0.25, 0.3) is 11.1 Å². The summed E-state index contributed by atoms with van der Waals surface area (Å²) >= 11 is 0.